The number of phenolic OH excluding ortho intramolecular Hbond substituents is 2. The zero-order chi connectivity index (χ0) is 45.2. The smallest absolute Gasteiger partial charge is 0.196 e. The van der Waals surface area contributed by atoms with Crippen LogP contribution in [0, 0.1) is 23.2 Å². The number of hydrogen-bond donors (Lipinski definition) is 6. The second-order valence-electron chi connectivity index (χ2n) is 19.6. The van der Waals surface area contributed by atoms with Crippen LogP contribution in [-0.2, 0) is 21.4 Å². The number of likely N-dealkylation sites (N-methyl/N-ethyl adjacent to an activating group) is 1. The number of phenols is 2. The van der Waals surface area contributed by atoms with Crippen LogP contribution >= 0.6 is 21.6 Å². The van der Waals surface area contributed by atoms with Crippen molar-refractivity contribution < 1.29 is 34.3 Å². The number of methoxy groups -OCH3 is 1. The van der Waals surface area contributed by atoms with Gasteiger partial charge in [-0.1, -0.05) is 92.0 Å². The number of carbonyl (C=O) groups is 1. The first-order valence-electron chi connectivity index (χ1n) is 24.4. The SMILES string of the molecule is CCCCC[C@@H]1/C=C/C(=O)[C@@]2(Cc3ccc(O)c(OC)c3)CCC[C@H]2CSSCNC(=NC)Nc2cc(cc(O[C@]3(CNC)CC[C@@H](C[C@H](O)OC4CCCC4)C3)c2O)C12CCCC2. The van der Waals surface area contributed by atoms with E-state index in [0.717, 1.165) is 132 Å². The van der Waals surface area contributed by atoms with Gasteiger partial charge in [0.2, 0.25) is 0 Å². The standard InChI is InChI=1S/C51H76N4O7S2/c1-5-6-7-13-37-18-20-45(57)51(31-35-17-19-42(56)43(26-35)60-4)24-12-14-38(51)32-63-64-34-54-48(53-3)55-41-28-39(50(37)22-10-11-23-50)29-44(47(41)59)62-49(33-52-2)25-21-36(30-49)27-46(58)61-40-15-8-9-16-40/h17-20,26,28-29,36-38,40,46,52,56,58-59H,5-16,21-25,27,30-34H2,1-4H3,(H2,53,54,55)/b20-18+/t36-,37+,38-,46+,49+,51+/m0/s1. The van der Waals surface area contributed by atoms with Crippen molar-refractivity contribution in [3.8, 4) is 23.0 Å². The van der Waals surface area contributed by atoms with Crippen LogP contribution in [0.5, 0.6) is 23.0 Å². The molecule has 354 valence electrons. The number of benzene rings is 2. The van der Waals surface area contributed by atoms with Crippen LogP contribution in [0.25, 0.3) is 0 Å². The molecule has 0 amide bonds. The van der Waals surface area contributed by atoms with Crippen LogP contribution in [-0.4, -0.2) is 84.4 Å². The summed E-state index contributed by atoms with van der Waals surface area (Å²) in [6.07, 6.45) is 22.7. The predicted octanol–water partition coefficient (Wildman–Crippen LogP) is 10.4. The van der Waals surface area contributed by atoms with Crippen molar-refractivity contribution >= 4 is 39.0 Å². The highest BCUT2D eigenvalue weighted by atomic mass is 33.1. The van der Waals surface area contributed by atoms with Gasteiger partial charge in [-0.15, -0.1) is 0 Å². The molecule has 0 unspecified atom stereocenters. The van der Waals surface area contributed by atoms with Gasteiger partial charge in [-0.05, 0) is 137 Å². The number of ether oxygens (including phenoxy) is 3. The summed E-state index contributed by atoms with van der Waals surface area (Å²) in [6.45, 7) is 2.84. The largest absolute Gasteiger partial charge is 0.504 e. The van der Waals surface area contributed by atoms with E-state index >= 15 is 4.79 Å². The van der Waals surface area contributed by atoms with E-state index in [2.05, 4.69) is 46.1 Å². The monoisotopic (exact) mass is 921 g/mol. The minimum atomic E-state index is -0.788. The fraction of sp³-hybridized carbons (Fsp3) is 0.686. The van der Waals surface area contributed by atoms with E-state index in [4.69, 9.17) is 14.2 Å². The summed E-state index contributed by atoms with van der Waals surface area (Å²) in [7, 11) is 8.76. The first kappa shape index (κ1) is 48.8. The fourth-order valence-electron chi connectivity index (χ4n) is 12.1. The zero-order valence-corrected chi connectivity index (χ0v) is 40.6. The van der Waals surface area contributed by atoms with Gasteiger partial charge in [-0.25, -0.2) is 0 Å². The average Bonchev–Trinajstić information content (AvgIpc) is 4.13. The number of nitrogens with one attached hydrogen (secondary N) is 3. The molecule has 64 heavy (non-hydrogen) atoms. The summed E-state index contributed by atoms with van der Waals surface area (Å²) in [5.74, 6) is 3.69. The Bertz CT molecular complexity index is 1920. The summed E-state index contributed by atoms with van der Waals surface area (Å²) >= 11 is 0. The molecule has 6 atom stereocenters. The van der Waals surface area contributed by atoms with Crippen molar-refractivity contribution in [2.75, 3.05) is 44.7 Å². The van der Waals surface area contributed by atoms with Crippen LogP contribution in [0.3, 0.4) is 0 Å². The molecular weight excluding hydrogens is 845 g/mol. The Labute approximate surface area is 390 Å². The maximum atomic E-state index is 15.2. The first-order chi connectivity index (χ1) is 31.1. The molecular formula is C51H76N4O7S2. The van der Waals surface area contributed by atoms with Crippen molar-refractivity contribution in [1.29, 1.82) is 0 Å². The number of nitrogens with zero attached hydrogens (tertiary/aromatic N) is 1. The van der Waals surface area contributed by atoms with Crippen molar-refractivity contribution in [1.82, 2.24) is 10.6 Å². The van der Waals surface area contributed by atoms with Gasteiger partial charge in [0.1, 0.15) is 5.60 Å². The molecule has 2 aromatic rings. The highest BCUT2D eigenvalue weighted by Crippen LogP contribution is 2.54. The third-order valence-corrected chi connectivity index (χ3v) is 17.7. The number of hydrogen-bond acceptors (Lipinski definition) is 11. The van der Waals surface area contributed by atoms with Crippen LogP contribution in [0.2, 0.25) is 0 Å². The molecule has 1 aliphatic heterocycles. The summed E-state index contributed by atoms with van der Waals surface area (Å²) in [4.78, 5) is 19.8. The van der Waals surface area contributed by atoms with E-state index in [0.29, 0.717) is 48.4 Å². The molecule has 0 aromatic heterocycles. The Morgan fingerprint density at radius 1 is 0.969 bits per heavy atom. The number of unbranched alkanes of at least 4 members (excludes halogenated alkanes) is 2. The number of aliphatic hydroxyl groups excluding tert-OH is 1. The molecule has 7 rings (SSSR count). The summed E-state index contributed by atoms with van der Waals surface area (Å²) in [5, 5.41) is 44.1. The van der Waals surface area contributed by atoms with Crippen LogP contribution in [0.1, 0.15) is 140 Å². The number of anilines is 1. The minimum Gasteiger partial charge on any atom is -0.504 e. The number of aliphatic imine (C=N–C) groups is 1. The molecule has 4 fully saturated rings. The zero-order valence-electron chi connectivity index (χ0n) is 38.9. The molecule has 6 N–H and O–H groups in total. The molecule has 4 saturated carbocycles. The Hall–Kier alpha value is -3.10. The molecule has 4 aliphatic carbocycles. The number of ketones is 1. The van der Waals surface area contributed by atoms with Crippen molar-refractivity contribution in [2.45, 2.75) is 159 Å². The Balaban J connectivity index is 1.27. The lowest BCUT2D eigenvalue weighted by atomic mass is 9.66. The summed E-state index contributed by atoms with van der Waals surface area (Å²) in [5.41, 5.74) is 1.21. The second kappa shape index (κ2) is 22.6. The molecule has 1 heterocycles. The Morgan fingerprint density at radius 3 is 2.53 bits per heavy atom. The fourth-order valence-corrected chi connectivity index (χ4v) is 14.4. The number of rotatable bonds is 15. The molecule has 0 saturated heterocycles. The van der Waals surface area contributed by atoms with Crippen LogP contribution in [0.4, 0.5) is 5.69 Å². The minimum absolute atomic E-state index is 0.0530. The molecule has 13 heteroatoms. The first-order valence-corrected chi connectivity index (χ1v) is 26.9. The lowest BCUT2D eigenvalue weighted by Gasteiger charge is -2.39. The molecule has 2 bridgehead atoms. The Kier molecular flexibility index (Phi) is 17.2. The van der Waals surface area contributed by atoms with Crippen LogP contribution in [0.15, 0.2) is 47.5 Å². The lowest BCUT2D eigenvalue weighted by molar-refractivity contribution is -0.143. The predicted molar refractivity (Wildman–Crippen MR) is 262 cm³/mol. The van der Waals surface area contributed by atoms with Gasteiger partial charge in [0.25, 0.3) is 0 Å². The van der Waals surface area contributed by atoms with Crippen molar-refractivity contribution in [3.05, 3.63) is 53.6 Å². The molecule has 2 aromatic carbocycles. The number of aliphatic hydroxyl groups is 1. The topological polar surface area (TPSA) is 154 Å². The van der Waals surface area contributed by atoms with Gasteiger partial charge in [0, 0.05) is 36.6 Å². The quantitative estimate of drug-likeness (QED) is 0.0436. The third-order valence-electron chi connectivity index (χ3n) is 15.5. The van der Waals surface area contributed by atoms with E-state index < -0.39 is 17.3 Å². The van der Waals surface area contributed by atoms with Gasteiger partial charge in [0.05, 0.1) is 24.8 Å². The van der Waals surface area contributed by atoms with Gasteiger partial charge >= 0.3 is 0 Å². The number of aromatic hydroxyl groups is 2. The molecule has 5 aliphatic rings. The van der Waals surface area contributed by atoms with Crippen molar-refractivity contribution in [3.63, 3.8) is 0 Å². The maximum Gasteiger partial charge on any atom is 0.196 e. The van der Waals surface area contributed by atoms with Gasteiger partial charge in [-0.3, -0.25) is 9.79 Å². The molecule has 0 radical (unpaired) electrons. The van der Waals surface area contributed by atoms with E-state index in [-0.39, 0.29) is 46.6 Å². The highest BCUT2D eigenvalue weighted by molar-refractivity contribution is 8.76. The summed E-state index contributed by atoms with van der Waals surface area (Å²) in [6, 6.07) is 9.75. The lowest BCUT2D eigenvalue weighted by Crippen LogP contribution is -2.43. The second-order valence-corrected chi connectivity index (χ2v) is 22.1. The number of carbonyl (C=O) groups excluding carboxylic acids is 1. The number of guanidine groups is 1. The maximum absolute atomic E-state index is 15.2. The van der Waals surface area contributed by atoms with Crippen molar-refractivity contribution in [2.24, 2.45) is 28.2 Å². The van der Waals surface area contributed by atoms with Gasteiger partial charge in [0.15, 0.2) is 41.0 Å². The number of fused-ring (bicyclic) bond motifs is 4. The highest BCUT2D eigenvalue weighted by Gasteiger charge is 2.49. The normalized spacial score (nSPS) is 29.3. The Morgan fingerprint density at radius 2 is 1.78 bits per heavy atom. The van der Waals surface area contributed by atoms with E-state index in [1.54, 1.807) is 41.8 Å². The van der Waals surface area contributed by atoms with E-state index in [1.165, 1.54) is 0 Å². The van der Waals surface area contributed by atoms with Gasteiger partial charge < -0.3 is 45.5 Å². The average molecular weight is 921 g/mol. The van der Waals surface area contributed by atoms with Crippen LogP contribution < -0.4 is 25.4 Å². The van der Waals surface area contributed by atoms with Gasteiger partial charge in [-0.2, -0.15) is 0 Å². The molecule has 11 nitrogen and oxygen atoms in total. The summed E-state index contributed by atoms with van der Waals surface area (Å²) < 4.78 is 18.8. The van der Waals surface area contributed by atoms with E-state index in [9.17, 15) is 15.3 Å². The number of allylic oxidation sites excluding steroid dienone is 2. The van der Waals surface area contributed by atoms with E-state index in [1.807, 2.05) is 25.3 Å². The third kappa shape index (κ3) is 11.3. The molecule has 1 spiro atoms.